The lowest BCUT2D eigenvalue weighted by atomic mass is 9.97. The standard InChI is InChI=1S/C16H23BrN2/c1-12(13-6-2-3-7-14(13)17)18-15-9-11-19-10-5-4-8-16(15)19/h2-3,6-7,12,15-16,18H,4-5,8-11H2,1H3/t12-,15?,16?/m0/s1. The third-order valence-corrected chi connectivity index (χ3v) is 5.41. The average Bonchev–Trinajstić information content (AvgIpc) is 2.83. The zero-order chi connectivity index (χ0) is 13.2. The highest BCUT2D eigenvalue weighted by atomic mass is 79.9. The first-order valence-electron chi connectivity index (χ1n) is 7.50. The second kappa shape index (κ2) is 5.94. The first kappa shape index (κ1) is 13.6. The summed E-state index contributed by atoms with van der Waals surface area (Å²) in [5.74, 6) is 0. The van der Waals surface area contributed by atoms with Crippen molar-refractivity contribution in [3.63, 3.8) is 0 Å². The zero-order valence-corrected chi connectivity index (χ0v) is 13.2. The molecular weight excluding hydrogens is 300 g/mol. The molecule has 0 bridgehead atoms. The number of nitrogens with one attached hydrogen (secondary N) is 1. The molecule has 2 aliphatic rings. The Bertz CT molecular complexity index is 435. The Labute approximate surface area is 124 Å². The molecule has 2 unspecified atom stereocenters. The van der Waals surface area contributed by atoms with Crippen LogP contribution < -0.4 is 5.32 Å². The molecule has 0 aliphatic carbocycles. The van der Waals surface area contributed by atoms with Crippen LogP contribution in [-0.4, -0.2) is 30.1 Å². The number of halogens is 1. The van der Waals surface area contributed by atoms with Gasteiger partial charge in [-0.1, -0.05) is 40.5 Å². The third kappa shape index (κ3) is 2.88. The number of piperidine rings is 1. The maximum Gasteiger partial charge on any atom is 0.0306 e. The van der Waals surface area contributed by atoms with E-state index < -0.39 is 0 Å². The van der Waals surface area contributed by atoms with Crippen molar-refractivity contribution in [2.75, 3.05) is 13.1 Å². The summed E-state index contributed by atoms with van der Waals surface area (Å²) >= 11 is 3.66. The summed E-state index contributed by atoms with van der Waals surface area (Å²) in [6.07, 6.45) is 5.48. The van der Waals surface area contributed by atoms with E-state index in [-0.39, 0.29) is 0 Å². The van der Waals surface area contributed by atoms with Gasteiger partial charge in [-0.2, -0.15) is 0 Å². The van der Waals surface area contributed by atoms with Crippen LogP contribution in [-0.2, 0) is 0 Å². The molecule has 3 atom stereocenters. The first-order chi connectivity index (χ1) is 9.25. The number of fused-ring (bicyclic) bond motifs is 1. The fourth-order valence-electron chi connectivity index (χ4n) is 3.68. The van der Waals surface area contributed by atoms with Gasteiger partial charge in [-0.3, -0.25) is 4.90 Å². The van der Waals surface area contributed by atoms with E-state index in [4.69, 9.17) is 0 Å². The largest absolute Gasteiger partial charge is 0.306 e. The summed E-state index contributed by atoms with van der Waals surface area (Å²) in [7, 11) is 0. The van der Waals surface area contributed by atoms with Crippen LogP contribution in [0.5, 0.6) is 0 Å². The average molecular weight is 323 g/mol. The van der Waals surface area contributed by atoms with E-state index >= 15 is 0 Å². The van der Waals surface area contributed by atoms with E-state index in [1.807, 2.05) is 0 Å². The van der Waals surface area contributed by atoms with E-state index in [1.165, 1.54) is 48.8 Å². The summed E-state index contributed by atoms with van der Waals surface area (Å²) in [4.78, 5) is 2.69. The Hall–Kier alpha value is -0.380. The van der Waals surface area contributed by atoms with Gasteiger partial charge in [-0.15, -0.1) is 0 Å². The van der Waals surface area contributed by atoms with Gasteiger partial charge in [0.2, 0.25) is 0 Å². The van der Waals surface area contributed by atoms with Crippen molar-refractivity contribution in [3.05, 3.63) is 34.3 Å². The molecular formula is C16H23BrN2. The van der Waals surface area contributed by atoms with Gasteiger partial charge in [0.25, 0.3) is 0 Å². The molecule has 1 aromatic rings. The lowest BCUT2D eigenvalue weighted by Crippen LogP contribution is -2.45. The molecule has 1 aromatic carbocycles. The van der Waals surface area contributed by atoms with Crippen LogP contribution in [0.2, 0.25) is 0 Å². The molecule has 0 spiro atoms. The van der Waals surface area contributed by atoms with E-state index in [9.17, 15) is 0 Å². The fraction of sp³-hybridized carbons (Fsp3) is 0.625. The monoisotopic (exact) mass is 322 g/mol. The van der Waals surface area contributed by atoms with E-state index in [0.717, 1.165) is 6.04 Å². The highest BCUT2D eigenvalue weighted by Crippen LogP contribution is 2.30. The molecule has 19 heavy (non-hydrogen) atoms. The molecule has 1 N–H and O–H groups in total. The summed E-state index contributed by atoms with van der Waals surface area (Å²) in [6, 6.07) is 10.4. The highest BCUT2D eigenvalue weighted by Gasteiger charge is 2.35. The van der Waals surface area contributed by atoms with E-state index in [0.29, 0.717) is 12.1 Å². The quantitative estimate of drug-likeness (QED) is 0.912. The Kier molecular flexibility index (Phi) is 4.25. The van der Waals surface area contributed by atoms with Gasteiger partial charge < -0.3 is 5.32 Å². The molecule has 2 saturated heterocycles. The molecule has 0 radical (unpaired) electrons. The van der Waals surface area contributed by atoms with Gasteiger partial charge in [-0.25, -0.2) is 0 Å². The summed E-state index contributed by atoms with van der Waals surface area (Å²) in [5, 5.41) is 3.86. The normalized spacial score (nSPS) is 29.2. The van der Waals surface area contributed by atoms with Crippen molar-refractivity contribution in [1.82, 2.24) is 10.2 Å². The molecule has 104 valence electrons. The second-order valence-electron chi connectivity index (χ2n) is 5.90. The van der Waals surface area contributed by atoms with Crippen LogP contribution in [0, 0.1) is 0 Å². The predicted octanol–water partition coefficient (Wildman–Crippen LogP) is 3.73. The molecule has 3 rings (SSSR count). The highest BCUT2D eigenvalue weighted by molar-refractivity contribution is 9.10. The van der Waals surface area contributed by atoms with Gasteiger partial charge in [0.05, 0.1) is 0 Å². The van der Waals surface area contributed by atoms with Crippen molar-refractivity contribution in [2.24, 2.45) is 0 Å². The maximum absolute atomic E-state index is 3.86. The fourth-order valence-corrected chi connectivity index (χ4v) is 4.31. The number of hydrogen-bond acceptors (Lipinski definition) is 2. The van der Waals surface area contributed by atoms with Crippen LogP contribution >= 0.6 is 15.9 Å². The number of benzene rings is 1. The smallest absolute Gasteiger partial charge is 0.0306 e. The lowest BCUT2D eigenvalue weighted by molar-refractivity contribution is 0.177. The second-order valence-corrected chi connectivity index (χ2v) is 6.76. The van der Waals surface area contributed by atoms with Gasteiger partial charge >= 0.3 is 0 Å². The number of nitrogens with zero attached hydrogens (tertiary/aromatic N) is 1. The van der Waals surface area contributed by atoms with Gasteiger partial charge in [0.15, 0.2) is 0 Å². The minimum Gasteiger partial charge on any atom is -0.306 e. The molecule has 0 aromatic heterocycles. The zero-order valence-electron chi connectivity index (χ0n) is 11.6. The van der Waals surface area contributed by atoms with Crippen LogP contribution in [0.3, 0.4) is 0 Å². The van der Waals surface area contributed by atoms with Crippen LogP contribution in [0.4, 0.5) is 0 Å². The molecule has 0 amide bonds. The molecule has 3 heteroatoms. The van der Waals surface area contributed by atoms with Crippen molar-refractivity contribution >= 4 is 15.9 Å². The summed E-state index contributed by atoms with van der Waals surface area (Å²) < 4.78 is 1.22. The Morgan fingerprint density at radius 1 is 1.21 bits per heavy atom. The Morgan fingerprint density at radius 2 is 2.05 bits per heavy atom. The van der Waals surface area contributed by atoms with Crippen molar-refractivity contribution < 1.29 is 0 Å². The van der Waals surface area contributed by atoms with Crippen molar-refractivity contribution in [1.29, 1.82) is 0 Å². The molecule has 2 aliphatic heterocycles. The topological polar surface area (TPSA) is 15.3 Å². The van der Waals surface area contributed by atoms with Crippen LogP contribution in [0.15, 0.2) is 28.7 Å². The van der Waals surface area contributed by atoms with Gasteiger partial charge in [0, 0.05) is 29.1 Å². The van der Waals surface area contributed by atoms with Crippen LogP contribution in [0.1, 0.15) is 44.2 Å². The van der Waals surface area contributed by atoms with Crippen molar-refractivity contribution in [2.45, 2.75) is 50.7 Å². The van der Waals surface area contributed by atoms with E-state index in [1.54, 1.807) is 0 Å². The molecule has 2 nitrogen and oxygen atoms in total. The van der Waals surface area contributed by atoms with Crippen LogP contribution in [0.25, 0.3) is 0 Å². The van der Waals surface area contributed by atoms with Crippen molar-refractivity contribution in [3.8, 4) is 0 Å². The molecule has 0 saturated carbocycles. The minimum atomic E-state index is 0.419. The molecule has 2 heterocycles. The van der Waals surface area contributed by atoms with Gasteiger partial charge in [-0.05, 0) is 44.4 Å². The first-order valence-corrected chi connectivity index (χ1v) is 8.29. The SMILES string of the molecule is C[C@H](NC1CCN2CCCCC12)c1ccccc1Br. The third-order valence-electron chi connectivity index (χ3n) is 4.69. The lowest BCUT2D eigenvalue weighted by Gasteiger charge is -2.34. The number of rotatable bonds is 3. The maximum atomic E-state index is 3.86. The summed E-state index contributed by atoms with van der Waals surface area (Å²) in [6.45, 7) is 4.88. The predicted molar refractivity (Wildman–Crippen MR) is 83.3 cm³/mol. The number of hydrogen-bond donors (Lipinski definition) is 1. The van der Waals surface area contributed by atoms with E-state index in [2.05, 4.69) is 57.3 Å². The minimum absolute atomic E-state index is 0.419. The summed E-state index contributed by atoms with van der Waals surface area (Å²) in [5.41, 5.74) is 1.37. The molecule has 2 fully saturated rings. The van der Waals surface area contributed by atoms with Gasteiger partial charge in [0.1, 0.15) is 0 Å². The Balaban J connectivity index is 1.67. The Morgan fingerprint density at radius 3 is 2.89 bits per heavy atom.